The van der Waals surface area contributed by atoms with Crippen LogP contribution in [0.15, 0.2) is 59.6 Å². The van der Waals surface area contributed by atoms with Crippen LogP contribution in [0.4, 0.5) is 18.9 Å². The first kappa shape index (κ1) is 19.0. The first-order chi connectivity index (χ1) is 12.8. The van der Waals surface area contributed by atoms with Crippen LogP contribution >= 0.6 is 11.8 Å². The third-order valence-electron chi connectivity index (χ3n) is 3.89. The number of anilines is 1. The lowest BCUT2D eigenvalue weighted by molar-refractivity contribution is -0.143. The van der Waals surface area contributed by atoms with Crippen molar-refractivity contribution in [2.45, 2.75) is 18.0 Å². The van der Waals surface area contributed by atoms with E-state index >= 15 is 0 Å². The van der Waals surface area contributed by atoms with Gasteiger partial charge in [0.25, 0.3) is 5.91 Å². The first-order valence-electron chi connectivity index (χ1n) is 7.97. The molecule has 140 valence electrons. The Morgan fingerprint density at radius 2 is 1.85 bits per heavy atom. The van der Waals surface area contributed by atoms with Crippen LogP contribution in [0, 0.1) is 6.92 Å². The number of aromatic nitrogens is 2. The van der Waals surface area contributed by atoms with Crippen LogP contribution in [-0.4, -0.2) is 21.9 Å². The van der Waals surface area contributed by atoms with Gasteiger partial charge >= 0.3 is 6.18 Å². The van der Waals surface area contributed by atoms with Gasteiger partial charge in [0, 0.05) is 10.6 Å². The fourth-order valence-electron chi connectivity index (χ4n) is 2.57. The lowest BCUT2D eigenvalue weighted by Crippen LogP contribution is -2.20. The lowest BCUT2D eigenvalue weighted by atomic mass is 10.2. The highest BCUT2D eigenvalue weighted by Gasteiger charge is 2.40. The number of benzene rings is 2. The van der Waals surface area contributed by atoms with E-state index in [0.29, 0.717) is 5.69 Å². The van der Waals surface area contributed by atoms with Gasteiger partial charge < -0.3 is 5.32 Å². The minimum Gasteiger partial charge on any atom is -0.322 e. The molecule has 0 fully saturated rings. The van der Waals surface area contributed by atoms with Gasteiger partial charge in [0.2, 0.25) is 0 Å². The first-order valence-corrected chi connectivity index (χ1v) is 9.20. The third kappa shape index (κ3) is 4.16. The molecule has 8 heteroatoms. The molecule has 0 aliphatic heterocycles. The average Bonchev–Trinajstić information content (AvgIpc) is 3.08. The maximum Gasteiger partial charge on any atom is 0.434 e. The highest BCUT2D eigenvalue weighted by atomic mass is 32.2. The molecule has 0 bridgehead atoms. The van der Waals surface area contributed by atoms with E-state index in [0.717, 1.165) is 21.3 Å². The summed E-state index contributed by atoms with van der Waals surface area (Å²) in [7, 11) is 0. The predicted octanol–water partition coefficient (Wildman–Crippen LogP) is 5.17. The Kier molecular flexibility index (Phi) is 5.27. The fourth-order valence-corrected chi connectivity index (χ4v) is 3.03. The summed E-state index contributed by atoms with van der Waals surface area (Å²) < 4.78 is 41.8. The summed E-state index contributed by atoms with van der Waals surface area (Å²) in [5.74, 6) is -0.862. The van der Waals surface area contributed by atoms with Gasteiger partial charge in [0.05, 0.1) is 17.4 Å². The third-order valence-corrected chi connectivity index (χ3v) is 4.61. The largest absolute Gasteiger partial charge is 0.434 e. The summed E-state index contributed by atoms with van der Waals surface area (Å²) in [6, 6.07) is 13.3. The zero-order valence-electron chi connectivity index (χ0n) is 14.5. The molecule has 1 aromatic heterocycles. The van der Waals surface area contributed by atoms with Gasteiger partial charge in [-0.15, -0.1) is 11.8 Å². The van der Waals surface area contributed by atoms with E-state index in [9.17, 15) is 18.0 Å². The van der Waals surface area contributed by atoms with E-state index in [1.165, 1.54) is 23.9 Å². The normalized spacial score (nSPS) is 11.4. The number of thioether (sulfide) groups is 1. The minimum absolute atomic E-state index is 0.233. The van der Waals surface area contributed by atoms with E-state index in [1.54, 1.807) is 30.3 Å². The van der Waals surface area contributed by atoms with Crippen molar-refractivity contribution in [2.75, 3.05) is 11.6 Å². The smallest absolute Gasteiger partial charge is 0.322 e. The van der Waals surface area contributed by atoms with E-state index in [-0.39, 0.29) is 5.69 Å². The van der Waals surface area contributed by atoms with Gasteiger partial charge in [-0.1, -0.05) is 23.8 Å². The zero-order valence-corrected chi connectivity index (χ0v) is 15.4. The van der Waals surface area contributed by atoms with Crippen molar-refractivity contribution in [3.05, 3.63) is 71.5 Å². The minimum atomic E-state index is -4.74. The standard InChI is InChI=1S/C19H16F3N3OS/c1-12-6-8-14(9-7-12)25-17(19(20,21)22)16(11-23-25)18(26)24-13-4-3-5-15(10-13)27-2/h3-11H,1-2H3,(H,24,26). The average molecular weight is 391 g/mol. The lowest BCUT2D eigenvalue weighted by Gasteiger charge is -2.13. The Hall–Kier alpha value is -2.74. The van der Waals surface area contributed by atoms with Crippen LogP contribution in [0.1, 0.15) is 21.6 Å². The van der Waals surface area contributed by atoms with Crippen molar-refractivity contribution in [2.24, 2.45) is 0 Å². The summed E-state index contributed by atoms with van der Waals surface area (Å²) in [4.78, 5) is 13.4. The number of hydrogen-bond donors (Lipinski definition) is 1. The van der Waals surface area contributed by atoms with E-state index in [1.807, 2.05) is 19.2 Å². The number of nitrogens with one attached hydrogen (secondary N) is 1. The molecule has 0 unspecified atom stereocenters. The molecule has 27 heavy (non-hydrogen) atoms. The number of carbonyl (C=O) groups excluding carboxylic acids is 1. The predicted molar refractivity (Wildman–Crippen MR) is 99.5 cm³/mol. The van der Waals surface area contributed by atoms with Gasteiger partial charge in [-0.05, 0) is 43.5 Å². The quantitative estimate of drug-likeness (QED) is 0.624. The van der Waals surface area contributed by atoms with Gasteiger partial charge in [-0.25, -0.2) is 4.68 Å². The molecule has 0 aliphatic carbocycles. The van der Waals surface area contributed by atoms with E-state index in [4.69, 9.17) is 0 Å². The molecule has 0 atom stereocenters. The molecule has 3 rings (SSSR count). The van der Waals surface area contributed by atoms with Crippen LogP contribution in [0.2, 0.25) is 0 Å². The monoisotopic (exact) mass is 391 g/mol. The fraction of sp³-hybridized carbons (Fsp3) is 0.158. The summed E-state index contributed by atoms with van der Waals surface area (Å²) >= 11 is 1.47. The number of alkyl halides is 3. The molecule has 0 saturated heterocycles. The van der Waals surface area contributed by atoms with Crippen LogP contribution in [0.3, 0.4) is 0 Å². The number of nitrogens with zero attached hydrogens (tertiary/aromatic N) is 2. The molecule has 2 aromatic carbocycles. The van der Waals surface area contributed by atoms with Gasteiger partial charge in [-0.2, -0.15) is 18.3 Å². The summed E-state index contributed by atoms with van der Waals surface area (Å²) in [5, 5.41) is 6.32. The number of carbonyl (C=O) groups is 1. The van der Waals surface area contributed by atoms with Crippen molar-refractivity contribution in [1.29, 1.82) is 0 Å². The zero-order chi connectivity index (χ0) is 19.6. The number of amides is 1. The Morgan fingerprint density at radius 3 is 2.48 bits per heavy atom. The van der Waals surface area contributed by atoms with Crippen LogP contribution in [0.5, 0.6) is 0 Å². The molecule has 1 heterocycles. The Bertz CT molecular complexity index is 965. The maximum atomic E-state index is 13.7. The molecular formula is C19H16F3N3OS. The summed E-state index contributed by atoms with van der Waals surface area (Å²) in [6.07, 6.45) is -1.93. The summed E-state index contributed by atoms with van der Waals surface area (Å²) in [5.41, 5.74) is -0.0759. The van der Waals surface area contributed by atoms with Crippen molar-refractivity contribution in [3.63, 3.8) is 0 Å². The number of hydrogen-bond acceptors (Lipinski definition) is 3. The molecule has 1 N–H and O–H groups in total. The van der Waals surface area contributed by atoms with Gasteiger partial charge in [0.1, 0.15) is 0 Å². The maximum absolute atomic E-state index is 13.7. The van der Waals surface area contributed by atoms with E-state index in [2.05, 4.69) is 10.4 Å². The van der Waals surface area contributed by atoms with Crippen LogP contribution in [0.25, 0.3) is 5.69 Å². The SMILES string of the molecule is CSc1cccc(NC(=O)c2cnn(-c3ccc(C)cc3)c2C(F)(F)F)c1. The van der Waals surface area contributed by atoms with Crippen LogP contribution < -0.4 is 5.32 Å². The Balaban J connectivity index is 1.99. The van der Waals surface area contributed by atoms with Crippen molar-refractivity contribution in [3.8, 4) is 5.69 Å². The Morgan fingerprint density at radius 1 is 1.15 bits per heavy atom. The molecule has 4 nitrogen and oxygen atoms in total. The highest BCUT2D eigenvalue weighted by molar-refractivity contribution is 7.98. The van der Waals surface area contributed by atoms with Crippen LogP contribution in [-0.2, 0) is 6.18 Å². The second-order valence-corrected chi connectivity index (χ2v) is 6.72. The Labute approximate surface area is 158 Å². The number of rotatable bonds is 4. The van der Waals surface area contributed by atoms with Gasteiger partial charge in [-0.3, -0.25) is 4.79 Å². The second-order valence-electron chi connectivity index (χ2n) is 5.84. The second kappa shape index (κ2) is 7.48. The molecule has 0 saturated carbocycles. The number of aryl methyl sites for hydroxylation is 1. The van der Waals surface area contributed by atoms with Crippen molar-refractivity contribution < 1.29 is 18.0 Å². The van der Waals surface area contributed by atoms with Crippen molar-refractivity contribution >= 4 is 23.4 Å². The molecule has 0 aliphatic rings. The highest BCUT2D eigenvalue weighted by Crippen LogP contribution is 2.34. The van der Waals surface area contributed by atoms with Crippen molar-refractivity contribution in [1.82, 2.24) is 9.78 Å². The molecule has 0 radical (unpaired) electrons. The summed E-state index contributed by atoms with van der Waals surface area (Å²) in [6.45, 7) is 1.83. The molecule has 0 spiro atoms. The molecular weight excluding hydrogens is 375 g/mol. The molecule has 3 aromatic rings. The molecule has 1 amide bonds. The van der Waals surface area contributed by atoms with E-state index < -0.39 is 23.3 Å². The number of halogens is 3. The topological polar surface area (TPSA) is 46.9 Å². The van der Waals surface area contributed by atoms with Gasteiger partial charge in [0.15, 0.2) is 5.69 Å².